The van der Waals surface area contributed by atoms with Crippen molar-refractivity contribution in [3.05, 3.63) is 65.7 Å². The number of anilines is 1. The maximum atomic E-state index is 13.1. The Kier molecular flexibility index (Phi) is 6.03. The number of hydrogen-bond donors (Lipinski definition) is 0. The van der Waals surface area contributed by atoms with Crippen molar-refractivity contribution in [2.45, 2.75) is 19.0 Å². The molecule has 1 aliphatic rings. The van der Waals surface area contributed by atoms with Gasteiger partial charge in [-0.2, -0.15) is 0 Å². The molecule has 0 unspecified atom stereocenters. The first-order valence-electron chi connectivity index (χ1n) is 9.90. The summed E-state index contributed by atoms with van der Waals surface area (Å²) in [6.07, 6.45) is 1.68. The van der Waals surface area contributed by atoms with Gasteiger partial charge in [0, 0.05) is 37.6 Å². The summed E-state index contributed by atoms with van der Waals surface area (Å²) < 4.78 is 15.0. The molecule has 1 aromatic heterocycles. The van der Waals surface area contributed by atoms with E-state index in [2.05, 4.69) is 41.1 Å². The number of thioether (sulfide) groups is 1. The molecule has 0 aliphatic carbocycles. The third kappa shape index (κ3) is 4.48. The van der Waals surface area contributed by atoms with Crippen LogP contribution in [0.15, 0.2) is 53.9 Å². The van der Waals surface area contributed by atoms with Crippen LogP contribution in [0.3, 0.4) is 0 Å². The van der Waals surface area contributed by atoms with Gasteiger partial charge in [0.2, 0.25) is 5.91 Å². The van der Waals surface area contributed by atoms with E-state index in [0.717, 1.165) is 24.5 Å². The summed E-state index contributed by atoms with van der Waals surface area (Å²) in [5.41, 5.74) is 4.41. The summed E-state index contributed by atoms with van der Waals surface area (Å²) in [7, 11) is 0. The second kappa shape index (κ2) is 8.87. The largest absolute Gasteiger partial charge is 0.368 e. The molecule has 0 N–H and O–H groups in total. The third-order valence-corrected chi connectivity index (χ3v) is 6.36. The van der Waals surface area contributed by atoms with Crippen LogP contribution in [0.5, 0.6) is 0 Å². The molecule has 4 rings (SSSR count). The Morgan fingerprint density at radius 3 is 2.40 bits per heavy atom. The van der Waals surface area contributed by atoms with Crippen LogP contribution in [-0.2, 0) is 4.79 Å². The van der Waals surface area contributed by atoms with Gasteiger partial charge in [-0.25, -0.2) is 4.39 Å². The Labute approximate surface area is 179 Å². The zero-order valence-electron chi connectivity index (χ0n) is 17.1. The summed E-state index contributed by atoms with van der Waals surface area (Å²) in [6.45, 7) is 6.93. The van der Waals surface area contributed by atoms with Crippen LogP contribution in [0.2, 0.25) is 0 Å². The molecule has 2 aromatic carbocycles. The number of rotatable bonds is 5. The number of amides is 1. The van der Waals surface area contributed by atoms with E-state index in [0.29, 0.717) is 24.0 Å². The van der Waals surface area contributed by atoms with E-state index in [1.807, 2.05) is 15.5 Å². The predicted molar refractivity (Wildman–Crippen MR) is 117 cm³/mol. The topological polar surface area (TPSA) is 54.3 Å². The van der Waals surface area contributed by atoms with Crippen LogP contribution in [0.4, 0.5) is 10.1 Å². The maximum Gasteiger partial charge on any atom is 0.233 e. The minimum atomic E-state index is -0.238. The lowest BCUT2D eigenvalue weighted by atomic mass is 10.1. The molecular formula is C22H24FN5OS. The summed E-state index contributed by atoms with van der Waals surface area (Å²) in [4.78, 5) is 16.8. The number of piperazine rings is 1. The Balaban J connectivity index is 1.33. The van der Waals surface area contributed by atoms with E-state index in [-0.39, 0.29) is 11.7 Å². The Morgan fingerprint density at radius 2 is 1.70 bits per heavy atom. The molecule has 1 saturated heterocycles. The van der Waals surface area contributed by atoms with Crippen molar-refractivity contribution in [2.24, 2.45) is 0 Å². The molecule has 0 saturated carbocycles. The quantitative estimate of drug-likeness (QED) is 0.586. The van der Waals surface area contributed by atoms with E-state index in [1.165, 1.54) is 35.0 Å². The van der Waals surface area contributed by atoms with Gasteiger partial charge in [-0.15, -0.1) is 10.2 Å². The van der Waals surface area contributed by atoms with Crippen LogP contribution in [0.25, 0.3) is 5.69 Å². The van der Waals surface area contributed by atoms with E-state index in [1.54, 1.807) is 18.5 Å². The summed E-state index contributed by atoms with van der Waals surface area (Å²) >= 11 is 1.40. The first kappa shape index (κ1) is 20.4. The second-order valence-electron chi connectivity index (χ2n) is 7.39. The minimum absolute atomic E-state index is 0.0911. The number of aryl methyl sites for hydroxylation is 2. The zero-order valence-corrected chi connectivity index (χ0v) is 17.9. The number of carbonyl (C=O) groups is 1. The highest BCUT2D eigenvalue weighted by molar-refractivity contribution is 7.99. The van der Waals surface area contributed by atoms with Crippen LogP contribution in [0.1, 0.15) is 11.1 Å². The number of nitrogens with zero attached hydrogens (tertiary/aromatic N) is 5. The average molecular weight is 426 g/mol. The summed E-state index contributed by atoms with van der Waals surface area (Å²) in [5.74, 6) is 0.173. The lowest BCUT2D eigenvalue weighted by Gasteiger charge is -2.36. The van der Waals surface area contributed by atoms with Gasteiger partial charge in [0.1, 0.15) is 12.1 Å². The first-order chi connectivity index (χ1) is 14.5. The SMILES string of the molecule is Cc1ccc(-n2cnnc2SCC(=O)N2CCN(c3ccc(F)cc3)CC2)cc1C. The number of halogens is 1. The van der Waals surface area contributed by atoms with Gasteiger partial charge in [-0.05, 0) is 61.4 Å². The van der Waals surface area contributed by atoms with Gasteiger partial charge in [-0.1, -0.05) is 17.8 Å². The van der Waals surface area contributed by atoms with Crippen molar-refractivity contribution < 1.29 is 9.18 Å². The predicted octanol–water partition coefficient (Wildman–Crippen LogP) is 3.46. The molecule has 6 nitrogen and oxygen atoms in total. The highest BCUT2D eigenvalue weighted by Crippen LogP contribution is 2.22. The van der Waals surface area contributed by atoms with E-state index >= 15 is 0 Å². The normalized spacial score (nSPS) is 14.2. The van der Waals surface area contributed by atoms with Gasteiger partial charge < -0.3 is 9.80 Å². The lowest BCUT2D eigenvalue weighted by molar-refractivity contribution is -0.128. The van der Waals surface area contributed by atoms with E-state index in [9.17, 15) is 9.18 Å². The Bertz CT molecular complexity index is 1030. The fraction of sp³-hybridized carbons (Fsp3) is 0.318. The molecule has 0 atom stereocenters. The molecule has 1 amide bonds. The van der Waals surface area contributed by atoms with Gasteiger partial charge in [0.05, 0.1) is 5.75 Å². The molecule has 0 spiro atoms. The molecule has 1 fully saturated rings. The van der Waals surface area contributed by atoms with Crippen molar-refractivity contribution in [3.8, 4) is 5.69 Å². The molecular weight excluding hydrogens is 401 g/mol. The number of hydrogen-bond acceptors (Lipinski definition) is 5. The molecule has 30 heavy (non-hydrogen) atoms. The molecule has 156 valence electrons. The summed E-state index contributed by atoms with van der Waals surface area (Å²) in [6, 6.07) is 12.7. The van der Waals surface area contributed by atoms with Gasteiger partial charge in [-0.3, -0.25) is 9.36 Å². The minimum Gasteiger partial charge on any atom is -0.368 e. The van der Waals surface area contributed by atoms with Crippen molar-refractivity contribution in [1.82, 2.24) is 19.7 Å². The molecule has 8 heteroatoms. The number of benzene rings is 2. The standard InChI is InChI=1S/C22H24FN5OS/c1-16-3-6-20(13-17(16)2)28-15-24-25-22(28)30-14-21(29)27-11-9-26(10-12-27)19-7-4-18(23)5-8-19/h3-8,13,15H,9-12,14H2,1-2H3. The van der Waals surface area contributed by atoms with Crippen molar-refractivity contribution >= 4 is 23.4 Å². The Morgan fingerprint density at radius 1 is 1.00 bits per heavy atom. The van der Waals surface area contributed by atoms with Crippen molar-refractivity contribution in [1.29, 1.82) is 0 Å². The zero-order chi connectivity index (χ0) is 21.1. The van der Waals surface area contributed by atoms with Gasteiger partial charge in [0.15, 0.2) is 5.16 Å². The highest BCUT2D eigenvalue weighted by atomic mass is 32.2. The monoisotopic (exact) mass is 425 g/mol. The highest BCUT2D eigenvalue weighted by Gasteiger charge is 2.22. The van der Waals surface area contributed by atoms with Crippen LogP contribution in [-0.4, -0.2) is 57.5 Å². The van der Waals surface area contributed by atoms with Crippen molar-refractivity contribution in [3.63, 3.8) is 0 Å². The van der Waals surface area contributed by atoms with E-state index < -0.39 is 0 Å². The number of carbonyl (C=O) groups excluding carboxylic acids is 1. The first-order valence-corrected chi connectivity index (χ1v) is 10.9. The molecule has 3 aromatic rings. The Hall–Kier alpha value is -2.87. The maximum absolute atomic E-state index is 13.1. The van der Waals surface area contributed by atoms with Crippen LogP contribution < -0.4 is 4.90 Å². The lowest BCUT2D eigenvalue weighted by Crippen LogP contribution is -2.49. The second-order valence-corrected chi connectivity index (χ2v) is 8.33. The fourth-order valence-electron chi connectivity index (χ4n) is 3.46. The van der Waals surface area contributed by atoms with Crippen LogP contribution >= 0.6 is 11.8 Å². The third-order valence-electron chi connectivity index (χ3n) is 5.43. The summed E-state index contributed by atoms with van der Waals surface area (Å²) in [5, 5.41) is 8.92. The van der Waals surface area contributed by atoms with Gasteiger partial charge in [0.25, 0.3) is 0 Å². The fourth-order valence-corrected chi connectivity index (χ4v) is 4.29. The molecule has 0 bridgehead atoms. The smallest absolute Gasteiger partial charge is 0.233 e. The molecule has 1 aliphatic heterocycles. The van der Waals surface area contributed by atoms with Crippen molar-refractivity contribution in [2.75, 3.05) is 36.8 Å². The van der Waals surface area contributed by atoms with E-state index in [4.69, 9.17) is 0 Å². The van der Waals surface area contributed by atoms with Gasteiger partial charge >= 0.3 is 0 Å². The number of aromatic nitrogens is 3. The average Bonchev–Trinajstić information content (AvgIpc) is 3.23. The molecule has 2 heterocycles. The molecule has 0 radical (unpaired) electrons. The van der Waals surface area contributed by atoms with Crippen LogP contribution in [0, 0.1) is 19.7 Å².